The Morgan fingerprint density at radius 2 is 1.93 bits per heavy atom. The number of aryl methyl sites for hydroxylation is 1. The Labute approximate surface area is 159 Å². The Morgan fingerprint density at radius 3 is 2.67 bits per heavy atom. The maximum atomic E-state index is 10.4. The second-order valence-electron chi connectivity index (χ2n) is 6.36. The lowest BCUT2D eigenvalue weighted by atomic mass is 10.1. The second kappa shape index (κ2) is 9.39. The Hall–Kier alpha value is -2.57. The van der Waals surface area contributed by atoms with Gasteiger partial charge in [-0.05, 0) is 37.6 Å². The monoisotopic (exact) mass is 370 g/mol. The van der Waals surface area contributed by atoms with Crippen molar-refractivity contribution in [2.75, 3.05) is 19.7 Å². The Kier molecular flexibility index (Phi) is 6.68. The molecule has 0 aliphatic carbocycles. The predicted molar refractivity (Wildman–Crippen MR) is 104 cm³/mol. The number of nitrogens with zero attached hydrogens (tertiary/aromatic N) is 2. The Bertz CT molecular complexity index is 835. The summed E-state index contributed by atoms with van der Waals surface area (Å²) in [6.45, 7) is 5.19. The number of benzene rings is 2. The van der Waals surface area contributed by atoms with Gasteiger partial charge in [0.15, 0.2) is 5.75 Å². The van der Waals surface area contributed by atoms with Gasteiger partial charge in [0, 0.05) is 11.9 Å². The largest absolute Gasteiger partial charge is 0.487 e. The van der Waals surface area contributed by atoms with Gasteiger partial charge in [-0.3, -0.25) is 0 Å². The summed E-state index contributed by atoms with van der Waals surface area (Å²) in [5.74, 6) is 1.33. The highest BCUT2D eigenvalue weighted by Crippen LogP contribution is 2.28. The molecule has 0 aliphatic rings. The minimum atomic E-state index is -0.707. The lowest BCUT2D eigenvalue weighted by molar-refractivity contribution is -0.0858. The van der Waals surface area contributed by atoms with Crippen LogP contribution in [0, 0.1) is 0 Å². The summed E-state index contributed by atoms with van der Waals surface area (Å²) >= 11 is 0. The van der Waals surface area contributed by atoms with E-state index in [1.54, 1.807) is 5.06 Å². The van der Waals surface area contributed by atoms with Gasteiger partial charge < -0.3 is 19.2 Å². The normalized spacial score (nSPS) is 12.4. The quantitative estimate of drug-likeness (QED) is 0.547. The molecule has 0 spiro atoms. The molecular weight excluding hydrogens is 344 g/mol. The molecule has 0 saturated carbocycles. The fourth-order valence-corrected chi connectivity index (χ4v) is 2.85. The molecule has 0 radical (unpaired) electrons. The number of fused-ring (bicyclic) bond motifs is 1. The second-order valence-corrected chi connectivity index (χ2v) is 6.36. The molecule has 0 fully saturated rings. The Morgan fingerprint density at radius 1 is 1.11 bits per heavy atom. The molecule has 0 bridgehead atoms. The van der Waals surface area contributed by atoms with Crippen molar-refractivity contribution >= 4 is 11.0 Å². The van der Waals surface area contributed by atoms with Gasteiger partial charge in [-0.1, -0.05) is 42.8 Å². The molecule has 144 valence electrons. The van der Waals surface area contributed by atoms with Gasteiger partial charge in [0.05, 0.1) is 12.2 Å². The summed E-state index contributed by atoms with van der Waals surface area (Å²) in [6, 6.07) is 15.2. The topological polar surface area (TPSA) is 68.0 Å². The zero-order valence-corrected chi connectivity index (χ0v) is 15.8. The molecule has 3 rings (SSSR count). The van der Waals surface area contributed by atoms with Gasteiger partial charge in [0.1, 0.15) is 18.5 Å². The van der Waals surface area contributed by atoms with Crippen LogP contribution in [-0.4, -0.2) is 41.1 Å². The minimum Gasteiger partial charge on any atom is -0.487 e. The minimum absolute atomic E-state index is 0.136. The zero-order chi connectivity index (χ0) is 19.1. The first-order chi connectivity index (χ1) is 13.2. The van der Waals surface area contributed by atoms with Crippen LogP contribution in [0.5, 0.6) is 11.5 Å². The van der Waals surface area contributed by atoms with Gasteiger partial charge in [-0.15, -0.1) is 5.06 Å². The van der Waals surface area contributed by atoms with Gasteiger partial charge >= 0.3 is 0 Å². The summed E-state index contributed by atoms with van der Waals surface area (Å²) in [5, 5.41) is 17.2. The van der Waals surface area contributed by atoms with Crippen molar-refractivity contribution in [3.05, 3.63) is 54.2 Å². The molecule has 1 unspecified atom stereocenters. The van der Waals surface area contributed by atoms with Crippen LogP contribution in [0.25, 0.3) is 11.0 Å². The van der Waals surface area contributed by atoms with Gasteiger partial charge in [0.2, 0.25) is 5.58 Å². The number of rotatable bonds is 10. The van der Waals surface area contributed by atoms with Crippen LogP contribution in [0.15, 0.2) is 53.1 Å². The first-order valence-corrected chi connectivity index (χ1v) is 9.37. The first kappa shape index (κ1) is 19.2. The van der Waals surface area contributed by atoms with E-state index in [2.05, 4.69) is 12.1 Å². The third-order valence-electron chi connectivity index (χ3n) is 4.20. The maximum absolute atomic E-state index is 10.4. The summed E-state index contributed by atoms with van der Waals surface area (Å²) in [5.41, 5.74) is 1.56. The van der Waals surface area contributed by atoms with Crippen LogP contribution < -0.4 is 9.57 Å². The van der Waals surface area contributed by atoms with Crippen LogP contribution in [0.4, 0.5) is 0 Å². The van der Waals surface area contributed by atoms with E-state index < -0.39 is 6.10 Å². The van der Waals surface area contributed by atoms with Crippen molar-refractivity contribution in [3.8, 4) is 11.5 Å². The number of aliphatic hydroxyl groups is 1. The van der Waals surface area contributed by atoms with Gasteiger partial charge in [-0.25, -0.2) is 0 Å². The van der Waals surface area contributed by atoms with Crippen LogP contribution in [-0.2, 0) is 6.42 Å². The summed E-state index contributed by atoms with van der Waals surface area (Å²) in [6.07, 6.45) is 1.16. The predicted octanol–water partition coefficient (Wildman–Crippen LogP) is 3.84. The molecule has 1 aromatic heterocycles. The number of hydroxylamine groups is 2. The van der Waals surface area contributed by atoms with E-state index in [1.807, 2.05) is 55.5 Å². The number of hydrogen-bond donors (Lipinski definition) is 1. The molecule has 6 heteroatoms. The molecule has 0 amide bonds. The van der Waals surface area contributed by atoms with Crippen molar-refractivity contribution in [2.24, 2.45) is 0 Å². The zero-order valence-electron chi connectivity index (χ0n) is 15.8. The molecule has 1 heterocycles. The van der Waals surface area contributed by atoms with Crippen LogP contribution in [0.3, 0.4) is 0 Å². The van der Waals surface area contributed by atoms with E-state index >= 15 is 0 Å². The van der Waals surface area contributed by atoms with Crippen LogP contribution in [0.2, 0.25) is 0 Å². The van der Waals surface area contributed by atoms with Gasteiger partial charge in [-0.2, -0.15) is 0 Å². The van der Waals surface area contributed by atoms with Crippen molar-refractivity contribution < 1.29 is 19.2 Å². The fourth-order valence-electron chi connectivity index (χ4n) is 2.85. The number of likely N-dealkylation sites (N-methyl/N-ethyl adjacent to an activating group) is 1. The van der Waals surface area contributed by atoms with Crippen LogP contribution in [0.1, 0.15) is 26.0 Å². The standard InChI is InChI=1S/C21H26N2O4/c1-3-9-19-18-12-8-13-20(21(18)26-22-19)25-15-16(24)14-23(4-2)27-17-10-6-5-7-11-17/h5-8,10-13,16,24H,3-4,9,14-15H2,1-2H3. The molecule has 6 nitrogen and oxygen atoms in total. The molecule has 0 aliphatic heterocycles. The number of aromatic nitrogens is 1. The van der Waals surface area contributed by atoms with E-state index in [0.717, 1.165) is 29.7 Å². The van der Waals surface area contributed by atoms with Crippen molar-refractivity contribution in [3.63, 3.8) is 0 Å². The smallest absolute Gasteiger partial charge is 0.208 e. The van der Waals surface area contributed by atoms with Crippen molar-refractivity contribution in [1.29, 1.82) is 0 Å². The molecular formula is C21H26N2O4. The molecule has 0 saturated heterocycles. The van der Waals surface area contributed by atoms with Crippen molar-refractivity contribution in [2.45, 2.75) is 32.8 Å². The van der Waals surface area contributed by atoms with E-state index in [1.165, 1.54) is 0 Å². The third kappa shape index (κ3) is 4.99. The average molecular weight is 370 g/mol. The lowest BCUT2D eigenvalue weighted by Gasteiger charge is -2.23. The first-order valence-electron chi connectivity index (χ1n) is 9.37. The highest BCUT2D eigenvalue weighted by Gasteiger charge is 2.16. The number of ether oxygens (including phenoxy) is 1. The number of aliphatic hydroxyl groups excluding tert-OH is 1. The van der Waals surface area contributed by atoms with E-state index in [0.29, 0.717) is 24.4 Å². The molecule has 3 aromatic rings. The van der Waals surface area contributed by atoms with E-state index in [4.69, 9.17) is 14.1 Å². The van der Waals surface area contributed by atoms with E-state index in [9.17, 15) is 5.11 Å². The highest BCUT2D eigenvalue weighted by atomic mass is 16.7. The van der Waals surface area contributed by atoms with E-state index in [-0.39, 0.29) is 6.61 Å². The fraction of sp³-hybridized carbons (Fsp3) is 0.381. The molecule has 2 aromatic carbocycles. The summed E-state index contributed by atoms with van der Waals surface area (Å²) in [4.78, 5) is 5.78. The Balaban J connectivity index is 1.58. The third-order valence-corrected chi connectivity index (χ3v) is 4.20. The number of hydrogen-bond acceptors (Lipinski definition) is 6. The maximum Gasteiger partial charge on any atom is 0.208 e. The van der Waals surface area contributed by atoms with Crippen molar-refractivity contribution in [1.82, 2.24) is 10.2 Å². The molecule has 1 atom stereocenters. The lowest BCUT2D eigenvalue weighted by Crippen LogP contribution is -2.37. The SMILES string of the molecule is CCCc1noc2c(OCC(O)CN(CC)Oc3ccccc3)cccc12. The van der Waals surface area contributed by atoms with Crippen LogP contribution >= 0.6 is 0 Å². The average Bonchev–Trinajstić information content (AvgIpc) is 3.10. The summed E-state index contributed by atoms with van der Waals surface area (Å²) < 4.78 is 11.3. The molecule has 27 heavy (non-hydrogen) atoms. The number of para-hydroxylation sites is 2. The van der Waals surface area contributed by atoms with Gasteiger partial charge in [0.25, 0.3) is 0 Å². The highest BCUT2D eigenvalue weighted by molar-refractivity contribution is 5.84. The molecule has 1 N–H and O–H groups in total. The summed E-state index contributed by atoms with van der Waals surface area (Å²) in [7, 11) is 0.